The van der Waals surface area contributed by atoms with Gasteiger partial charge in [0.25, 0.3) is 0 Å². The van der Waals surface area contributed by atoms with Gasteiger partial charge in [0, 0.05) is 6.07 Å². The van der Waals surface area contributed by atoms with E-state index in [4.69, 9.17) is 16.0 Å². The molecule has 4 nitrogen and oxygen atoms in total. The third-order valence-corrected chi connectivity index (χ3v) is 2.91. The lowest BCUT2D eigenvalue weighted by atomic mass is 10.1. The number of hydrogen-bond acceptors (Lipinski definition) is 4. The van der Waals surface area contributed by atoms with Gasteiger partial charge in [0.15, 0.2) is 0 Å². The van der Waals surface area contributed by atoms with Crippen LogP contribution in [-0.4, -0.2) is 10.8 Å². The second kappa shape index (κ2) is 5.46. The first-order valence-corrected chi connectivity index (χ1v) is 6.10. The van der Waals surface area contributed by atoms with Gasteiger partial charge in [0.1, 0.15) is 22.9 Å². The fraction of sp³-hybridized carbons (Fsp3) is 0.143. The van der Waals surface area contributed by atoms with Crippen molar-refractivity contribution in [3.63, 3.8) is 0 Å². The van der Waals surface area contributed by atoms with Gasteiger partial charge >= 0.3 is 5.63 Å². The summed E-state index contributed by atoms with van der Waals surface area (Å²) in [5.41, 5.74) is -0.0970. The van der Waals surface area contributed by atoms with E-state index in [1.165, 1.54) is 24.3 Å². The number of hydrogen-bond donors (Lipinski definition) is 1. The van der Waals surface area contributed by atoms with Crippen LogP contribution in [0.4, 0.5) is 10.1 Å². The second-order valence-electron chi connectivity index (χ2n) is 4.20. The molecule has 0 aliphatic heterocycles. The van der Waals surface area contributed by atoms with Crippen LogP contribution < -0.4 is 5.63 Å². The van der Waals surface area contributed by atoms with Crippen LogP contribution in [0, 0.1) is 12.7 Å². The molecule has 1 N–H and O–H groups in total. The van der Waals surface area contributed by atoms with E-state index >= 15 is 0 Å². The van der Waals surface area contributed by atoms with Gasteiger partial charge in [-0.15, -0.1) is 0 Å². The molecule has 6 heteroatoms. The lowest BCUT2D eigenvalue weighted by molar-refractivity contribution is 0.432. The van der Waals surface area contributed by atoms with Crippen molar-refractivity contribution >= 4 is 23.0 Å². The monoisotopic (exact) mass is 295 g/mol. The Morgan fingerprint density at radius 1 is 1.40 bits per heavy atom. The molecular weight excluding hydrogens is 285 g/mol. The minimum absolute atomic E-state index is 0.0314. The molecule has 104 valence electrons. The molecule has 0 radical (unpaired) electrons. The second-order valence-corrected chi connectivity index (χ2v) is 4.61. The van der Waals surface area contributed by atoms with Crippen molar-refractivity contribution in [2.24, 2.45) is 4.99 Å². The molecular formula is C14H11ClFNO3. The summed E-state index contributed by atoms with van der Waals surface area (Å²) in [6, 6.07) is 5.24. The Labute approximate surface area is 119 Å². The largest absolute Gasteiger partial charge is 0.507 e. The third kappa shape index (κ3) is 2.88. The number of nitrogens with zero attached hydrogens (tertiary/aromatic N) is 1. The quantitative estimate of drug-likeness (QED) is 0.861. The van der Waals surface area contributed by atoms with Crippen LogP contribution >= 0.6 is 11.6 Å². The average molecular weight is 296 g/mol. The number of halogens is 2. The summed E-state index contributed by atoms with van der Waals surface area (Å²) in [7, 11) is 0. The predicted octanol–water partition coefficient (Wildman–Crippen LogP) is 3.59. The lowest BCUT2D eigenvalue weighted by Gasteiger charge is -2.04. The van der Waals surface area contributed by atoms with Gasteiger partial charge in [-0.2, -0.15) is 0 Å². The SMILES string of the molecule is CC(=Nc1ccc(F)c(Cl)c1)c1c(O)cc(C)oc1=O. The molecule has 1 aromatic carbocycles. The maximum atomic E-state index is 13.0. The van der Waals surface area contributed by atoms with Gasteiger partial charge in [-0.3, -0.25) is 4.99 Å². The zero-order valence-electron chi connectivity index (χ0n) is 10.8. The highest BCUT2D eigenvalue weighted by Gasteiger charge is 2.13. The summed E-state index contributed by atoms with van der Waals surface area (Å²) in [6.07, 6.45) is 0. The Balaban J connectivity index is 2.50. The van der Waals surface area contributed by atoms with E-state index in [1.807, 2.05) is 0 Å². The van der Waals surface area contributed by atoms with Gasteiger partial charge in [-0.05, 0) is 32.0 Å². The van der Waals surface area contributed by atoms with E-state index in [9.17, 15) is 14.3 Å². The molecule has 20 heavy (non-hydrogen) atoms. The minimum atomic E-state index is -0.683. The zero-order valence-corrected chi connectivity index (χ0v) is 11.5. The van der Waals surface area contributed by atoms with Crippen molar-refractivity contribution in [2.75, 3.05) is 0 Å². The molecule has 0 unspecified atom stereocenters. The van der Waals surface area contributed by atoms with Crippen LogP contribution in [0.25, 0.3) is 0 Å². The summed E-state index contributed by atoms with van der Waals surface area (Å²) in [4.78, 5) is 15.8. The van der Waals surface area contributed by atoms with Crippen molar-refractivity contribution in [3.05, 3.63) is 56.8 Å². The third-order valence-electron chi connectivity index (χ3n) is 2.62. The molecule has 0 fully saturated rings. The number of benzene rings is 1. The maximum Gasteiger partial charge on any atom is 0.348 e. The maximum absolute atomic E-state index is 13.0. The van der Waals surface area contributed by atoms with Crippen molar-refractivity contribution in [2.45, 2.75) is 13.8 Å². The number of aryl methyl sites for hydroxylation is 1. The van der Waals surface area contributed by atoms with E-state index in [0.29, 0.717) is 11.4 Å². The molecule has 2 rings (SSSR count). The molecule has 0 saturated carbocycles. The Kier molecular flexibility index (Phi) is 3.90. The van der Waals surface area contributed by atoms with Gasteiger partial charge < -0.3 is 9.52 Å². The highest BCUT2D eigenvalue weighted by molar-refractivity contribution is 6.31. The molecule has 2 aromatic rings. The normalized spacial score (nSPS) is 11.7. The molecule has 0 spiro atoms. The van der Waals surface area contributed by atoms with Crippen LogP contribution in [0.5, 0.6) is 5.75 Å². The van der Waals surface area contributed by atoms with Crippen LogP contribution in [0.3, 0.4) is 0 Å². The average Bonchev–Trinajstić information content (AvgIpc) is 2.32. The van der Waals surface area contributed by atoms with Crippen LogP contribution in [0.15, 0.2) is 38.5 Å². The van der Waals surface area contributed by atoms with E-state index in [-0.39, 0.29) is 22.0 Å². The zero-order chi connectivity index (χ0) is 14.9. The standard InChI is InChI=1S/C14H11ClFNO3/c1-7-5-12(18)13(14(19)20-7)8(2)17-9-3-4-11(16)10(15)6-9/h3-6,18H,1-2H3. The first kappa shape index (κ1) is 14.3. The molecule has 0 saturated heterocycles. The first-order valence-electron chi connectivity index (χ1n) is 5.73. The Hall–Kier alpha value is -2.14. The first-order chi connectivity index (χ1) is 9.38. The molecule has 1 aromatic heterocycles. The number of aliphatic imine (C=N–C) groups is 1. The summed E-state index contributed by atoms with van der Waals surface area (Å²) in [5, 5.41) is 9.72. The van der Waals surface area contributed by atoms with Crippen molar-refractivity contribution < 1.29 is 13.9 Å². The lowest BCUT2D eigenvalue weighted by Crippen LogP contribution is -2.12. The highest BCUT2D eigenvalue weighted by Crippen LogP contribution is 2.23. The van der Waals surface area contributed by atoms with Gasteiger partial charge in [0.05, 0.1) is 16.4 Å². The van der Waals surface area contributed by atoms with E-state index in [1.54, 1.807) is 13.8 Å². The fourth-order valence-electron chi connectivity index (χ4n) is 1.73. The van der Waals surface area contributed by atoms with E-state index in [0.717, 1.165) is 0 Å². The smallest absolute Gasteiger partial charge is 0.348 e. The predicted molar refractivity (Wildman–Crippen MR) is 74.7 cm³/mol. The summed E-state index contributed by atoms with van der Waals surface area (Å²) in [6.45, 7) is 3.09. The molecule has 0 aliphatic carbocycles. The van der Waals surface area contributed by atoms with Crippen molar-refractivity contribution in [1.82, 2.24) is 0 Å². The molecule has 1 heterocycles. The van der Waals surface area contributed by atoms with Gasteiger partial charge in [0.2, 0.25) is 0 Å². The molecule has 0 aliphatic rings. The Morgan fingerprint density at radius 2 is 2.10 bits per heavy atom. The molecule has 0 bridgehead atoms. The van der Waals surface area contributed by atoms with Crippen LogP contribution in [0.1, 0.15) is 18.2 Å². The topological polar surface area (TPSA) is 62.8 Å². The molecule has 0 atom stereocenters. The summed E-state index contributed by atoms with van der Waals surface area (Å²) < 4.78 is 18.0. The van der Waals surface area contributed by atoms with Crippen molar-refractivity contribution in [3.8, 4) is 5.75 Å². The minimum Gasteiger partial charge on any atom is -0.507 e. The van der Waals surface area contributed by atoms with Gasteiger partial charge in [-0.1, -0.05) is 11.6 Å². The molecule has 0 amide bonds. The van der Waals surface area contributed by atoms with Crippen LogP contribution in [0.2, 0.25) is 5.02 Å². The Morgan fingerprint density at radius 3 is 2.70 bits per heavy atom. The van der Waals surface area contributed by atoms with Crippen LogP contribution in [-0.2, 0) is 0 Å². The van der Waals surface area contributed by atoms with Gasteiger partial charge in [-0.25, -0.2) is 9.18 Å². The van der Waals surface area contributed by atoms with E-state index < -0.39 is 11.4 Å². The number of aromatic hydroxyl groups is 1. The van der Waals surface area contributed by atoms with E-state index in [2.05, 4.69) is 4.99 Å². The fourth-order valence-corrected chi connectivity index (χ4v) is 1.91. The number of rotatable bonds is 2. The highest BCUT2D eigenvalue weighted by atomic mass is 35.5. The Bertz CT molecular complexity index is 753. The summed E-state index contributed by atoms with van der Waals surface area (Å²) >= 11 is 5.65. The van der Waals surface area contributed by atoms with Crippen molar-refractivity contribution in [1.29, 1.82) is 0 Å². The summed E-state index contributed by atoms with van der Waals surface area (Å²) in [5.74, 6) is -0.469.